The maximum Gasteiger partial charge on any atom is 0.326 e. The fourth-order valence-electron chi connectivity index (χ4n) is 4.96. The number of carboxylic acid groups (broad SMARTS) is 1. The van der Waals surface area contributed by atoms with Crippen molar-refractivity contribution >= 4 is 29.0 Å². The predicted molar refractivity (Wildman–Crippen MR) is 176 cm³/mol. The molecule has 0 aliphatic rings. The van der Waals surface area contributed by atoms with Crippen molar-refractivity contribution in [1.82, 2.24) is 0 Å². The molecule has 0 heterocycles. The summed E-state index contributed by atoms with van der Waals surface area (Å²) in [7, 11) is 0. The summed E-state index contributed by atoms with van der Waals surface area (Å²) in [5.74, 6) is -0.724. The van der Waals surface area contributed by atoms with E-state index < -0.39 is 12.0 Å². The zero-order valence-corrected chi connectivity index (χ0v) is 24.9. The molecule has 5 aromatic carbocycles. The number of rotatable bonds is 13. The van der Waals surface area contributed by atoms with Gasteiger partial charge in [-0.1, -0.05) is 90.5 Å². The van der Waals surface area contributed by atoms with E-state index in [1.165, 1.54) is 0 Å². The van der Waals surface area contributed by atoms with E-state index in [0.29, 0.717) is 34.7 Å². The van der Waals surface area contributed by atoms with Crippen LogP contribution in [-0.4, -0.2) is 42.0 Å². The minimum atomic E-state index is -1.03. The molecule has 0 aliphatic heterocycles. The zero-order chi connectivity index (χ0) is 31.6. The van der Waals surface area contributed by atoms with Gasteiger partial charge < -0.3 is 20.1 Å². The molecule has 7 nitrogen and oxygen atoms in total. The number of para-hydroxylation sites is 1. The molecule has 0 fully saturated rings. The van der Waals surface area contributed by atoms with E-state index in [-0.39, 0.29) is 24.7 Å². The van der Waals surface area contributed by atoms with Gasteiger partial charge in [-0.2, -0.15) is 0 Å². The number of carbonyl (C=O) groups excluding carboxylic acids is 2. The van der Waals surface area contributed by atoms with Crippen LogP contribution in [0.15, 0.2) is 133 Å². The van der Waals surface area contributed by atoms with Gasteiger partial charge in [0.1, 0.15) is 18.4 Å². The van der Waals surface area contributed by atoms with E-state index in [1.54, 1.807) is 77.7 Å². The molecule has 226 valence electrons. The molecule has 0 radical (unpaired) electrons. The number of nitrogens with one attached hydrogen (secondary N) is 1. The molecule has 2 N–H and O–H groups in total. The van der Waals surface area contributed by atoms with Crippen molar-refractivity contribution in [2.24, 2.45) is 0 Å². The summed E-state index contributed by atoms with van der Waals surface area (Å²) in [5.41, 5.74) is 4.66. The van der Waals surface area contributed by atoms with Crippen LogP contribution >= 0.6 is 0 Å². The number of carbonyl (C=O) groups is 3. The number of ketones is 1. The van der Waals surface area contributed by atoms with E-state index in [4.69, 9.17) is 4.74 Å². The lowest BCUT2D eigenvalue weighted by molar-refractivity contribution is -0.137. The number of carboxylic acids is 1. The molecule has 0 aromatic heterocycles. The van der Waals surface area contributed by atoms with E-state index in [0.717, 1.165) is 16.8 Å². The number of ether oxygens (including phenoxy) is 1. The van der Waals surface area contributed by atoms with Gasteiger partial charge in [-0.05, 0) is 61.0 Å². The van der Waals surface area contributed by atoms with Gasteiger partial charge in [0.15, 0.2) is 5.78 Å². The molecule has 1 unspecified atom stereocenters. The molecular formula is C38H34N2O5. The maximum absolute atomic E-state index is 13.3. The van der Waals surface area contributed by atoms with Crippen molar-refractivity contribution in [3.05, 3.63) is 161 Å². The van der Waals surface area contributed by atoms with Gasteiger partial charge in [-0.15, -0.1) is 0 Å². The average Bonchev–Trinajstić information content (AvgIpc) is 3.08. The summed E-state index contributed by atoms with van der Waals surface area (Å²) in [6.45, 7) is 2.60. The number of benzene rings is 5. The third-order valence-corrected chi connectivity index (χ3v) is 7.39. The number of hydrogen-bond acceptors (Lipinski definition) is 5. The first-order valence-corrected chi connectivity index (χ1v) is 14.7. The van der Waals surface area contributed by atoms with Crippen molar-refractivity contribution in [2.75, 3.05) is 23.4 Å². The minimum absolute atomic E-state index is 0.113. The monoisotopic (exact) mass is 598 g/mol. The lowest BCUT2D eigenvalue weighted by Gasteiger charge is -2.23. The average molecular weight is 599 g/mol. The molecule has 5 aromatic rings. The van der Waals surface area contributed by atoms with Crippen LogP contribution in [0.1, 0.15) is 37.4 Å². The highest BCUT2D eigenvalue weighted by molar-refractivity contribution is 6.12. The van der Waals surface area contributed by atoms with E-state index in [1.807, 2.05) is 67.6 Å². The van der Waals surface area contributed by atoms with Gasteiger partial charge in [0.25, 0.3) is 5.91 Å². The lowest BCUT2D eigenvalue weighted by atomic mass is 10.00. The third-order valence-electron chi connectivity index (χ3n) is 7.39. The Morgan fingerprint density at radius 2 is 1.33 bits per heavy atom. The van der Waals surface area contributed by atoms with Crippen LogP contribution in [0.25, 0.3) is 0 Å². The number of aryl methyl sites for hydroxylation is 1. The molecule has 0 saturated heterocycles. The fraction of sp³-hybridized carbons (Fsp3) is 0.132. The highest BCUT2D eigenvalue weighted by Gasteiger charge is 2.22. The summed E-state index contributed by atoms with van der Waals surface area (Å²) in [5, 5.41) is 13.1. The highest BCUT2D eigenvalue weighted by atomic mass is 16.5. The number of aliphatic carboxylic acids is 1. The summed E-state index contributed by atoms with van der Waals surface area (Å²) < 4.78 is 5.99. The van der Waals surface area contributed by atoms with Gasteiger partial charge in [0.2, 0.25) is 0 Å². The second-order valence-corrected chi connectivity index (χ2v) is 10.6. The van der Waals surface area contributed by atoms with E-state index in [9.17, 15) is 19.5 Å². The normalized spacial score (nSPS) is 11.3. The zero-order valence-electron chi connectivity index (χ0n) is 24.9. The Hall–Kier alpha value is -5.69. The van der Waals surface area contributed by atoms with Crippen molar-refractivity contribution in [2.45, 2.75) is 19.4 Å². The molecule has 5 rings (SSSR count). The Labute approximate surface area is 262 Å². The molecule has 7 heteroatoms. The van der Waals surface area contributed by atoms with Gasteiger partial charge in [-0.3, -0.25) is 9.59 Å². The Kier molecular flexibility index (Phi) is 10.0. The van der Waals surface area contributed by atoms with Crippen LogP contribution in [0.5, 0.6) is 5.75 Å². The number of hydrogen-bond donors (Lipinski definition) is 2. The Morgan fingerprint density at radius 3 is 1.98 bits per heavy atom. The Morgan fingerprint density at radius 1 is 0.733 bits per heavy atom. The van der Waals surface area contributed by atoms with Crippen LogP contribution in [-0.2, 0) is 11.2 Å². The molecule has 1 amide bonds. The van der Waals surface area contributed by atoms with Crippen molar-refractivity contribution < 1.29 is 24.2 Å². The molecule has 0 aliphatic carbocycles. The highest BCUT2D eigenvalue weighted by Crippen LogP contribution is 2.23. The van der Waals surface area contributed by atoms with E-state index >= 15 is 0 Å². The maximum atomic E-state index is 13.3. The van der Waals surface area contributed by atoms with Crippen molar-refractivity contribution in [3.8, 4) is 5.75 Å². The summed E-state index contributed by atoms with van der Waals surface area (Å²) in [4.78, 5) is 40.4. The summed E-state index contributed by atoms with van der Waals surface area (Å²) in [6.07, 6.45) is 0.191. The minimum Gasteiger partial charge on any atom is -0.492 e. The molecular weight excluding hydrogens is 564 g/mol. The first-order valence-electron chi connectivity index (χ1n) is 14.7. The van der Waals surface area contributed by atoms with Gasteiger partial charge >= 0.3 is 5.97 Å². The first kappa shape index (κ1) is 30.8. The smallest absolute Gasteiger partial charge is 0.326 e. The SMILES string of the molecule is Cc1ccc(N(CCOc2ccc(CC(Nc3ccccc3C(=O)c3ccccc3)C(=O)O)cc2)C(=O)c2ccccc2)cc1. The second kappa shape index (κ2) is 14.7. The second-order valence-electron chi connectivity index (χ2n) is 10.6. The molecule has 0 bridgehead atoms. The standard InChI is InChI=1S/C38H34N2O5/c1-27-16-20-31(21-17-27)40(37(42)30-12-6-3-7-13-30)24-25-45-32-22-18-28(19-23-32)26-35(38(43)44)39-34-15-9-8-14-33(34)36(41)29-10-4-2-5-11-29/h2-23,35,39H,24-26H2,1H3,(H,43,44). The van der Waals surface area contributed by atoms with Crippen LogP contribution in [0.3, 0.4) is 0 Å². The van der Waals surface area contributed by atoms with E-state index in [2.05, 4.69) is 5.32 Å². The number of anilines is 2. The Bertz CT molecular complexity index is 1740. The summed E-state index contributed by atoms with van der Waals surface area (Å²) >= 11 is 0. The van der Waals surface area contributed by atoms with Crippen LogP contribution in [0.2, 0.25) is 0 Å². The molecule has 1 atom stereocenters. The number of nitrogens with zero attached hydrogens (tertiary/aromatic N) is 1. The van der Waals surface area contributed by atoms with Crippen LogP contribution < -0.4 is 15.0 Å². The molecule has 45 heavy (non-hydrogen) atoms. The fourth-order valence-corrected chi connectivity index (χ4v) is 4.96. The molecule has 0 spiro atoms. The lowest BCUT2D eigenvalue weighted by Crippen LogP contribution is -2.34. The van der Waals surface area contributed by atoms with Crippen LogP contribution in [0.4, 0.5) is 11.4 Å². The third kappa shape index (κ3) is 8.03. The molecule has 0 saturated carbocycles. The quantitative estimate of drug-likeness (QED) is 0.141. The topological polar surface area (TPSA) is 95.9 Å². The predicted octanol–water partition coefficient (Wildman–Crippen LogP) is 7.06. The first-order chi connectivity index (χ1) is 21.9. The van der Waals surface area contributed by atoms with Crippen molar-refractivity contribution in [3.63, 3.8) is 0 Å². The van der Waals surface area contributed by atoms with Crippen molar-refractivity contribution in [1.29, 1.82) is 0 Å². The largest absolute Gasteiger partial charge is 0.492 e. The van der Waals surface area contributed by atoms with Crippen LogP contribution in [0, 0.1) is 6.92 Å². The van der Waals surface area contributed by atoms with Gasteiger partial charge in [-0.25, -0.2) is 4.79 Å². The van der Waals surface area contributed by atoms with Gasteiger partial charge in [0.05, 0.1) is 6.54 Å². The van der Waals surface area contributed by atoms with Gasteiger partial charge in [0, 0.05) is 34.5 Å². The number of amides is 1. The Balaban J connectivity index is 1.23. The summed E-state index contributed by atoms with van der Waals surface area (Å²) in [6, 6.07) is 39.0.